The topological polar surface area (TPSA) is 35.5 Å². The minimum Gasteiger partial charge on any atom is -0.494 e. The molecular formula is C36H58NO3+. The number of aryl methyl sites for hydroxylation is 1. The van der Waals surface area contributed by atoms with Gasteiger partial charge in [-0.3, -0.25) is 4.79 Å². The number of nitrogens with zero attached hydrogens (tertiary/aromatic N) is 1. The highest BCUT2D eigenvalue weighted by Gasteiger charge is 2.15. The van der Waals surface area contributed by atoms with Crippen molar-refractivity contribution in [1.82, 2.24) is 0 Å². The Kier molecular flexibility index (Phi) is 18.1. The summed E-state index contributed by atoms with van der Waals surface area (Å²) in [6.07, 6.45) is 19.1. The van der Waals surface area contributed by atoms with Gasteiger partial charge in [0.05, 0.1) is 33.9 Å². The van der Waals surface area contributed by atoms with Crippen molar-refractivity contribution in [2.24, 2.45) is 0 Å². The smallest absolute Gasteiger partial charge is 0.305 e. The number of hydrogen-bond acceptors (Lipinski definition) is 3. The summed E-state index contributed by atoms with van der Waals surface area (Å²) in [5.41, 5.74) is 2.75. The van der Waals surface area contributed by atoms with Gasteiger partial charge in [-0.15, -0.1) is 0 Å². The van der Waals surface area contributed by atoms with Crippen LogP contribution in [0.3, 0.4) is 0 Å². The predicted molar refractivity (Wildman–Crippen MR) is 169 cm³/mol. The minimum atomic E-state index is -0.0766. The van der Waals surface area contributed by atoms with Gasteiger partial charge in [0.2, 0.25) is 0 Å². The van der Waals surface area contributed by atoms with Crippen LogP contribution in [0.25, 0.3) is 0 Å². The van der Waals surface area contributed by atoms with E-state index < -0.39 is 0 Å². The molecule has 0 aliphatic rings. The molecule has 0 radical (unpaired) electrons. The van der Waals surface area contributed by atoms with Crippen molar-refractivity contribution in [3.8, 4) is 5.75 Å². The zero-order chi connectivity index (χ0) is 28.7. The Bertz CT molecular complexity index is 879. The zero-order valence-corrected chi connectivity index (χ0v) is 26.0. The first-order valence-corrected chi connectivity index (χ1v) is 16.2. The molecule has 0 aliphatic carbocycles. The summed E-state index contributed by atoms with van der Waals surface area (Å²) < 4.78 is 12.2. The first-order chi connectivity index (χ1) is 19.5. The molecule has 0 unspecified atom stereocenters. The van der Waals surface area contributed by atoms with Gasteiger partial charge in [-0.25, -0.2) is 0 Å². The summed E-state index contributed by atoms with van der Waals surface area (Å²) in [6.45, 7) is 5.48. The molecule has 2 aromatic carbocycles. The SMILES string of the molecule is CCCCCCCCCCCCc1ccc(OCCCCOC(=O)CCCC[N+](C)(C)Cc2ccccc2)cc1. The van der Waals surface area contributed by atoms with Crippen molar-refractivity contribution in [3.63, 3.8) is 0 Å². The van der Waals surface area contributed by atoms with Crippen LogP contribution in [0.4, 0.5) is 0 Å². The number of hydrogen-bond donors (Lipinski definition) is 0. The fourth-order valence-electron chi connectivity index (χ4n) is 5.19. The van der Waals surface area contributed by atoms with Crippen molar-refractivity contribution in [2.75, 3.05) is 33.9 Å². The van der Waals surface area contributed by atoms with E-state index in [4.69, 9.17) is 9.47 Å². The van der Waals surface area contributed by atoms with Crippen LogP contribution in [-0.2, 0) is 22.5 Å². The lowest BCUT2D eigenvalue weighted by Gasteiger charge is -2.30. The Morgan fingerprint density at radius 2 is 1.27 bits per heavy atom. The number of carbonyl (C=O) groups excluding carboxylic acids is 1. The van der Waals surface area contributed by atoms with Crippen LogP contribution < -0.4 is 4.74 Å². The lowest BCUT2D eigenvalue weighted by Crippen LogP contribution is -2.39. The van der Waals surface area contributed by atoms with Gasteiger partial charge >= 0.3 is 5.97 Å². The molecule has 40 heavy (non-hydrogen) atoms. The Morgan fingerprint density at radius 3 is 1.95 bits per heavy atom. The summed E-state index contributed by atoms with van der Waals surface area (Å²) in [5.74, 6) is 0.852. The quantitative estimate of drug-likeness (QED) is 0.0739. The molecule has 4 heteroatoms. The van der Waals surface area contributed by atoms with E-state index in [0.29, 0.717) is 19.6 Å². The summed E-state index contributed by atoms with van der Waals surface area (Å²) in [6, 6.07) is 19.2. The fraction of sp³-hybridized carbons (Fsp3) is 0.639. The maximum atomic E-state index is 12.1. The molecule has 0 spiro atoms. The Hall–Kier alpha value is -2.33. The molecule has 0 saturated heterocycles. The van der Waals surface area contributed by atoms with Crippen molar-refractivity contribution in [2.45, 2.75) is 116 Å². The van der Waals surface area contributed by atoms with E-state index in [1.54, 1.807) is 0 Å². The normalized spacial score (nSPS) is 11.5. The average Bonchev–Trinajstić information content (AvgIpc) is 2.95. The third kappa shape index (κ3) is 17.4. The highest BCUT2D eigenvalue weighted by Crippen LogP contribution is 2.16. The van der Waals surface area contributed by atoms with Gasteiger partial charge in [0.15, 0.2) is 0 Å². The van der Waals surface area contributed by atoms with Crippen LogP contribution in [0.1, 0.15) is 114 Å². The van der Waals surface area contributed by atoms with Gasteiger partial charge in [-0.2, -0.15) is 0 Å². The largest absolute Gasteiger partial charge is 0.494 e. The average molecular weight is 553 g/mol. The van der Waals surface area contributed by atoms with Crippen molar-refractivity contribution >= 4 is 5.97 Å². The molecule has 0 aliphatic heterocycles. The first kappa shape index (κ1) is 33.9. The van der Waals surface area contributed by atoms with Crippen molar-refractivity contribution < 1.29 is 18.8 Å². The summed E-state index contributed by atoms with van der Waals surface area (Å²) in [7, 11) is 4.50. The molecule has 0 saturated carbocycles. The van der Waals surface area contributed by atoms with E-state index in [9.17, 15) is 4.79 Å². The van der Waals surface area contributed by atoms with Crippen LogP contribution in [-0.4, -0.2) is 44.3 Å². The van der Waals surface area contributed by atoms with Crippen LogP contribution >= 0.6 is 0 Å². The van der Waals surface area contributed by atoms with E-state index in [0.717, 1.165) is 55.4 Å². The number of rotatable bonds is 24. The van der Waals surface area contributed by atoms with Gasteiger partial charge in [0, 0.05) is 12.0 Å². The van der Waals surface area contributed by atoms with Crippen LogP contribution in [0, 0.1) is 0 Å². The summed E-state index contributed by atoms with van der Waals surface area (Å²) in [4.78, 5) is 12.1. The lowest BCUT2D eigenvalue weighted by molar-refractivity contribution is -0.903. The number of carbonyl (C=O) groups is 1. The maximum Gasteiger partial charge on any atom is 0.305 e. The molecular weight excluding hydrogens is 494 g/mol. The highest BCUT2D eigenvalue weighted by molar-refractivity contribution is 5.69. The number of quaternary nitrogens is 1. The highest BCUT2D eigenvalue weighted by atomic mass is 16.5. The molecule has 0 amide bonds. The molecule has 0 heterocycles. The molecule has 2 aromatic rings. The number of unbranched alkanes of at least 4 members (excludes halogenated alkanes) is 11. The molecule has 0 N–H and O–H groups in total. The van der Waals surface area contributed by atoms with Crippen LogP contribution in [0.5, 0.6) is 5.75 Å². The second kappa shape index (κ2) is 21.4. The monoisotopic (exact) mass is 552 g/mol. The molecule has 2 rings (SSSR count). The molecule has 0 fully saturated rings. The standard InChI is InChI=1S/C36H58NO3/c1-4-5-6-7-8-9-10-11-12-14-21-33-25-27-35(28-26-33)39-30-19-20-31-40-36(38)24-17-18-29-37(2,3)32-34-22-15-13-16-23-34/h13,15-16,22-23,25-28H,4-12,14,17-21,24,29-32H2,1-3H3/q+1. The van der Waals surface area contributed by atoms with E-state index in [2.05, 4.69) is 75.6 Å². The number of benzene rings is 2. The van der Waals surface area contributed by atoms with Gasteiger partial charge in [-0.1, -0.05) is 107 Å². The minimum absolute atomic E-state index is 0.0766. The molecule has 224 valence electrons. The zero-order valence-electron chi connectivity index (χ0n) is 26.0. The van der Waals surface area contributed by atoms with Gasteiger partial charge in [0.25, 0.3) is 0 Å². The summed E-state index contributed by atoms with van der Waals surface area (Å²) in [5, 5.41) is 0. The second-order valence-corrected chi connectivity index (χ2v) is 12.1. The predicted octanol–water partition coefficient (Wildman–Crippen LogP) is 9.30. The van der Waals surface area contributed by atoms with Gasteiger partial charge in [0.1, 0.15) is 12.3 Å². The number of ether oxygens (including phenoxy) is 2. The fourth-order valence-corrected chi connectivity index (χ4v) is 5.19. The Morgan fingerprint density at radius 1 is 0.650 bits per heavy atom. The molecule has 0 atom stereocenters. The van der Waals surface area contributed by atoms with Gasteiger partial charge < -0.3 is 14.0 Å². The van der Waals surface area contributed by atoms with E-state index in [1.165, 1.54) is 75.3 Å². The van der Waals surface area contributed by atoms with Crippen molar-refractivity contribution in [3.05, 3.63) is 65.7 Å². The van der Waals surface area contributed by atoms with E-state index in [1.807, 2.05) is 0 Å². The van der Waals surface area contributed by atoms with Crippen LogP contribution in [0.2, 0.25) is 0 Å². The molecule has 0 bridgehead atoms. The van der Waals surface area contributed by atoms with Crippen molar-refractivity contribution in [1.29, 1.82) is 0 Å². The molecule has 4 nitrogen and oxygen atoms in total. The summed E-state index contributed by atoms with van der Waals surface area (Å²) >= 11 is 0. The van der Waals surface area contributed by atoms with Crippen LogP contribution in [0.15, 0.2) is 54.6 Å². The Labute approximate surface area is 246 Å². The first-order valence-electron chi connectivity index (χ1n) is 16.2. The second-order valence-electron chi connectivity index (χ2n) is 12.1. The Balaban J connectivity index is 1.41. The van der Waals surface area contributed by atoms with E-state index in [-0.39, 0.29) is 5.97 Å². The maximum absolute atomic E-state index is 12.1. The number of esters is 1. The van der Waals surface area contributed by atoms with Gasteiger partial charge in [-0.05, 0) is 56.2 Å². The third-order valence-corrected chi connectivity index (χ3v) is 7.66. The van der Waals surface area contributed by atoms with E-state index >= 15 is 0 Å². The lowest BCUT2D eigenvalue weighted by atomic mass is 10.0. The molecule has 0 aromatic heterocycles. The third-order valence-electron chi connectivity index (χ3n) is 7.66.